The first-order chi connectivity index (χ1) is 8.69. The molecule has 0 atom stereocenters. The molecular formula is C12H14BrN3O2. The second kappa shape index (κ2) is 5.97. The van der Waals surface area contributed by atoms with Crippen molar-refractivity contribution in [3.8, 4) is 5.75 Å². The molecule has 2 rings (SSSR count). The van der Waals surface area contributed by atoms with E-state index in [1.54, 1.807) is 6.92 Å². The van der Waals surface area contributed by atoms with E-state index in [4.69, 9.17) is 14.9 Å². The van der Waals surface area contributed by atoms with E-state index in [-0.39, 0.29) is 6.61 Å². The molecular weight excluding hydrogens is 298 g/mol. The maximum Gasteiger partial charge on any atom is 0.253 e. The van der Waals surface area contributed by atoms with Crippen LogP contribution in [0.2, 0.25) is 0 Å². The molecule has 0 saturated carbocycles. The summed E-state index contributed by atoms with van der Waals surface area (Å²) in [5.74, 6) is 1.74. The molecule has 6 heteroatoms. The summed E-state index contributed by atoms with van der Waals surface area (Å²) in [4.78, 5) is 0. The summed E-state index contributed by atoms with van der Waals surface area (Å²) >= 11 is 3.46. The molecule has 96 valence electrons. The maximum absolute atomic E-state index is 5.59. The smallest absolute Gasteiger partial charge is 0.253 e. The maximum atomic E-state index is 5.59. The predicted molar refractivity (Wildman–Crippen MR) is 70.3 cm³/mol. The number of ether oxygens (including phenoxy) is 1. The topological polar surface area (TPSA) is 74.2 Å². The fourth-order valence-electron chi connectivity index (χ4n) is 1.52. The lowest BCUT2D eigenvalue weighted by Gasteiger charge is -2.07. The predicted octanol–water partition coefficient (Wildman–Crippen LogP) is 2.22. The van der Waals surface area contributed by atoms with Gasteiger partial charge in [-0.3, -0.25) is 0 Å². The molecule has 0 aliphatic rings. The molecule has 2 aromatic rings. The molecule has 1 aromatic carbocycles. The van der Waals surface area contributed by atoms with Gasteiger partial charge in [0.1, 0.15) is 5.75 Å². The Morgan fingerprint density at radius 2 is 2.22 bits per heavy atom. The molecule has 0 spiro atoms. The molecule has 2 N–H and O–H groups in total. The van der Waals surface area contributed by atoms with Crippen LogP contribution in [0.4, 0.5) is 0 Å². The first-order valence-electron chi connectivity index (χ1n) is 5.59. The van der Waals surface area contributed by atoms with Gasteiger partial charge in [0.25, 0.3) is 5.89 Å². The molecule has 1 aromatic heterocycles. The summed E-state index contributed by atoms with van der Waals surface area (Å²) in [6, 6.07) is 5.89. The normalized spacial score (nSPS) is 10.6. The third-order valence-electron chi connectivity index (χ3n) is 2.35. The van der Waals surface area contributed by atoms with E-state index in [0.717, 1.165) is 16.6 Å². The van der Waals surface area contributed by atoms with Gasteiger partial charge in [0, 0.05) is 6.92 Å². The largest absolute Gasteiger partial charge is 0.483 e. The third kappa shape index (κ3) is 3.30. The number of nitrogens with two attached hydrogens (primary N) is 1. The molecule has 0 amide bonds. The first-order valence-corrected chi connectivity index (χ1v) is 6.38. The van der Waals surface area contributed by atoms with Crippen molar-refractivity contribution in [3.05, 3.63) is 40.0 Å². The van der Waals surface area contributed by atoms with Crippen molar-refractivity contribution in [3.63, 3.8) is 0 Å². The first kappa shape index (κ1) is 13.0. The SMILES string of the molecule is Cc1nnc(COc2ccc(CCN)cc2Br)o1. The van der Waals surface area contributed by atoms with Crippen LogP contribution < -0.4 is 10.5 Å². The molecule has 0 saturated heterocycles. The fraction of sp³-hybridized carbons (Fsp3) is 0.333. The van der Waals surface area contributed by atoms with Gasteiger partial charge in [-0.15, -0.1) is 10.2 Å². The highest BCUT2D eigenvalue weighted by Gasteiger charge is 2.06. The number of rotatable bonds is 5. The zero-order valence-corrected chi connectivity index (χ0v) is 11.6. The molecule has 18 heavy (non-hydrogen) atoms. The van der Waals surface area contributed by atoms with Gasteiger partial charge in [-0.25, -0.2) is 0 Å². The Kier molecular flexibility index (Phi) is 4.33. The van der Waals surface area contributed by atoms with E-state index in [9.17, 15) is 0 Å². The van der Waals surface area contributed by atoms with Crippen molar-refractivity contribution >= 4 is 15.9 Å². The number of nitrogens with zero attached hydrogens (tertiary/aromatic N) is 2. The van der Waals surface area contributed by atoms with Gasteiger partial charge in [0.2, 0.25) is 5.89 Å². The minimum absolute atomic E-state index is 0.260. The second-order valence-electron chi connectivity index (χ2n) is 3.81. The minimum atomic E-state index is 0.260. The minimum Gasteiger partial charge on any atom is -0.483 e. The van der Waals surface area contributed by atoms with Crippen molar-refractivity contribution in [2.45, 2.75) is 20.0 Å². The highest BCUT2D eigenvalue weighted by molar-refractivity contribution is 9.10. The molecule has 0 aliphatic carbocycles. The number of benzene rings is 1. The summed E-state index contributed by atoms with van der Waals surface area (Å²) in [6.45, 7) is 2.64. The van der Waals surface area contributed by atoms with E-state index in [1.165, 1.54) is 5.56 Å². The molecule has 0 radical (unpaired) electrons. The van der Waals surface area contributed by atoms with Crippen molar-refractivity contribution in [2.75, 3.05) is 6.54 Å². The summed E-state index contributed by atoms with van der Waals surface area (Å²) in [7, 11) is 0. The number of hydrogen-bond acceptors (Lipinski definition) is 5. The Morgan fingerprint density at radius 3 is 2.83 bits per heavy atom. The van der Waals surface area contributed by atoms with Gasteiger partial charge in [-0.1, -0.05) is 6.07 Å². The summed E-state index contributed by atoms with van der Waals surface area (Å²) in [6.07, 6.45) is 0.849. The second-order valence-corrected chi connectivity index (χ2v) is 4.66. The molecule has 0 unspecified atom stereocenters. The van der Waals surface area contributed by atoms with Crippen LogP contribution in [0.15, 0.2) is 27.1 Å². The summed E-state index contributed by atoms with van der Waals surface area (Å²) < 4.78 is 11.7. The highest BCUT2D eigenvalue weighted by atomic mass is 79.9. The lowest BCUT2D eigenvalue weighted by atomic mass is 10.1. The van der Waals surface area contributed by atoms with Gasteiger partial charge in [0.15, 0.2) is 6.61 Å². The van der Waals surface area contributed by atoms with E-state index >= 15 is 0 Å². The lowest BCUT2D eigenvalue weighted by Crippen LogP contribution is -2.03. The summed E-state index contributed by atoms with van der Waals surface area (Å²) in [5, 5.41) is 7.60. The van der Waals surface area contributed by atoms with Gasteiger partial charge in [0.05, 0.1) is 4.47 Å². The van der Waals surface area contributed by atoms with Crippen LogP contribution in [-0.2, 0) is 13.0 Å². The van der Waals surface area contributed by atoms with Crippen molar-refractivity contribution in [1.29, 1.82) is 0 Å². The molecule has 0 bridgehead atoms. The quantitative estimate of drug-likeness (QED) is 0.916. The van der Waals surface area contributed by atoms with Crippen LogP contribution in [0.5, 0.6) is 5.75 Å². The van der Waals surface area contributed by atoms with Gasteiger partial charge < -0.3 is 14.9 Å². The van der Waals surface area contributed by atoms with Crippen LogP contribution in [0.3, 0.4) is 0 Å². The zero-order chi connectivity index (χ0) is 13.0. The van der Waals surface area contributed by atoms with Gasteiger partial charge in [-0.05, 0) is 46.6 Å². The van der Waals surface area contributed by atoms with E-state index in [1.807, 2.05) is 18.2 Å². The van der Waals surface area contributed by atoms with Crippen molar-refractivity contribution < 1.29 is 9.15 Å². The molecule has 0 aliphatic heterocycles. The zero-order valence-electron chi connectivity index (χ0n) is 10.0. The van der Waals surface area contributed by atoms with Crippen molar-refractivity contribution in [1.82, 2.24) is 10.2 Å². The Balaban J connectivity index is 2.01. The average Bonchev–Trinajstić information content (AvgIpc) is 2.74. The standard InChI is InChI=1S/C12H14BrN3O2/c1-8-15-16-12(18-8)7-17-11-3-2-9(4-5-14)6-10(11)13/h2-3,6H,4-5,7,14H2,1H3. The highest BCUT2D eigenvalue weighted by Crippen LogP contribution is 2.26. The molecule has 1 heterocycles. The fourth-order valence-corrected chi connectivity index (χ4v) is 2.06. The Labute approximate surface area is 113 Å². The monoisotopic (exact) mass is 311 g/mol. The third-order valence-corrected chi connectivity index (χ3v) is 2.97. The van der Waals surface area contributed by atoms with Crippen LogP contribution in [0, 0.1) is 6.92 Å². The van der Waals surface area contributed by atoms with Crippen LogP contribution in [-0.4, -0.2) is 16.7 Å². The Bertz CT molecular complexity index is 528. The Hall–Kier alpha value is -1.40. The van der Waals surface area contributed by atoms with E-state index in [0.29, 0.717) is 18.3 Å². The Morgan fingerprint density at radius 1 is 1.39 bits per heavy atom. The summed E-state index contributed by atoms with van der Waals surface area (Å²) in [5.41, 5.74) is 6.68. The number of aryl methyl sites for hydroxylation is 1. The van der Waals surface area contributed by atoms with E-state index in [2.05, 4.69) is 26.1 Å². The van der Waals surface area contributed by atoms with Crippen molar-refractivity contribution in [2.24, 2.45) is 5.73 Å². The molecule has 0 fully saturated rings. The van der Waals surface area contributed by atoms with Crippen LogP contribution in [0.25, 0.3) is 0 Å². The number of hydrogen-bond donors (Lipinski definition) is 1. The van der Waals surface area contributed by atoms with Gasteiger partial charge in [-0.2, -0.15) is 0 Å². The van der Waals surface area contributed by atoms with Gasteiger partial charge >= 0.3 is 0 Å². The van der Waals surface area contributed by atoms with Crippen LogP contribution in [0.1, 0.15) is 17.3 Å². The van der Waals surface area contributed by atoms with Crippen LogP contribution >= 0.6 is 15.9 Å². The number of halogens is 1. The molecule has 5 nitrogen and oxygen atoms in total. The lowest BCUT2D eigenvalue weighted by molar-refractivity contribution is 0.259. The average molecular weight is 312 g/mol. The number of aromatic nitrogens is 2. The van der Waals surface area contributed by atoms with E-state index < -0.39 is 0 Å².